The molecule has 1 N–H and O–H groups in total. The van der Waals surface area contributed by atoms with E-state index in [2.05, 4.69) is 19.1 Å². The Labute approximate surface area is 163 Å². The van der Waals surface area contributed by atoms with Gasteiger partial charge in [0.15, 0.2) is 0 Å². The van der Waals surface area contributed by atoms with E-state index in [1.165, 1.54) is 57.1 Å². The molecule has 0 aliphatic carbocycles. The summed E-state index contributed by atoms with van der Waals surface area (Å²) in [6.07, 6.45) is 17.8. The van der Waals surface area contributed by atoms with Crippen molar-refractivity contribution >= 4 is 11.9 Å². The zero-order chi connectivity index (χ0) is 19.7. The van der Waals surface area contributed by atoms with Crippen LogP contribution in [0.15, 0.2) is 36.4 Å². The number of carbonyl (C=O) groups excluding carboxylic acids is 1. The Morgan fingerprint density at radius 3 is 2.15 bits per heavy atom. The number of rotatable bonds is 15. The van der Waals surface area contributed by atoms with Gasteiger partial charge in [-0.2, -0.15) is 0 Å². The van der Waals surface area contributed by atoms with Crippen molar-refractivity contribution in [1.82, 2.24) is 0 Å². The average molecular weight is 375 g/mol. The highest BCUT2D eigenvalue weighted by Crippen LogP contribution is 2.19. The van der Waals surface area contributed by atoms with E-state index in [1.807, 2.05) is 0 Å². The van der Waals surface area contributed by atoms with Crippen molar-refractivity contribution in [1.29, 1.82) is 0 Å². The van der Waals surface area contributed by atoms with Crippen molar-refractivity contribution in [2.75, 3.05) is 0 Å². The van der Waals surface area contributed by atoms with Gasteiger partial charge in [-0.05, 0) is 44.2 Å². The summed E-state index contributed by atoms with van der Waals surface area (Å²) in [6, 6.07) is 6.22. The van der Waals surface area contributed by atoms with Crippen LogP contribution in [0.3, 0.4) is 0 Å². The molecule has 4 nitrogen and oxygen atoms in total. The molecule has 0 radical (unpaired) electrons. The van der Waals surface area contributed by atoms with Crippen LogP contribution in [0.25, 0.3) is 0 Å². The molecule has 1 rings (SSSR count). The number of carboxylic acids is 1. The van der Waals surface area contributed by atoms with Gasteiger partial charge in [0.1, 0.15) is 11.3 Å². The minimum Gasteiger partial charge on any atom is -0.478 e. The Hall–Kier alpha value is -2.10. The SMILES string of the molecule is CCCCCC/C=C/CCCCCCCC(=O)Oc1ccccc1C(=O)O. The fraction of sp³-hybridized carbons (Fsp3) is 0.565. The zero-order valence-corrected chi connectivity index (χ0v) is 16.6. The van der Waals surface area contributed by atoms with Gasteiger partial charge in [0.2, 0.25) is 0 Å². The van der Waals surface area contributed by atoms with E-state index in [4.69, 9.17) is 9.84 Å². The van der Waals surface area contributed by atoms with Gasteiger partial charge in [-0.25, -0.2) is 4.79 Å². The summed E-state index contributed by atoms with van der Waals surface area (Å²) in [5.74, 6) is -1.33. The minimum absolute atomic E-state index is 0.0178. The summed E-state index contributed by atoms with van der Waals surface area (Å²) in [5.41, 5.74) is 0.0178. The van der Waals surface area contributed by atoms with Gasteiger partial charge < -0.3 is 9.84 Å². The summed E-state index contributed by atoms with van der Waals surface area (Å²) < 4.78 is 5.18. The van der Waals surface area contributed by atoms with Gasteiger partial charge in [-0.15, -0.1) is 0 Å². The average Bonchev–Trinajstić information content (AvgIpc) is 2.65. The van der Waals surface area contributed by atoms with Crippen LogP contribution in [0, 0.1) is 0 Å². The van der Waals surface area contributed by atoms with Crippen molar-refractivity contribution in [3.63, 3.8) is 0 Å². The fourth-order valence-corrected chi connectivity index (χ4v) is 2.89. The number of hydrogen-bond acceptors (Lipinski definition) is 3. The monoisotopic (exact) mass is 374 g/mol. The lowest BCUT2D eigenvalue weighted by Crippen LogP contribution is -2.10. The molecule has 0 heterocycles. The van der Waals surface area contributed by atoms with Crippen LogP contribution < -0.4 is 4.74 Å². The fourth-order valence-electron chi connectivity index (χ4n) is 2.89. The maximum absolute atomic E-state index is 11.9. The predicted molar refractivity (Wildman–Crippen MR) is 109 cm³/mol. The van der Waals surface area contributed by atoms with Gasteiger partial charge in [0.05, 0.1) is 0 Å². The Morgan fingerprint density at radius 2 is 1.48 bits per heavy atom. The second-order valence-corrected chi connectivity index (χ2v) is 6.90. The van der Waals surface area contributed by atoms with E-state index < -0.39 is 5.97 Å². The molecule has 0 fully saturated rings. The minimum atomic E-state index is -1.09. The first-order chi connectivity index (χ1) is 13.1. The number of aromatic carboxylic acids is 1. The van der Waals surface area contributed by atoms with Crippen LogP contribution >= 0.6 is 0 Å². The zero-order valence-electron chi connectivity index (χ0n) is 16.6. The molecule has 0 unspecified atom stereocenters. The molecular weight excluding hydrogens is 340 g/mol. The molecule has 27 heavy (non-hydrogen) atoms. The lowest BCUT2D eigenvalue weighted by atomic mass is 10.1. The number of benzene rings is 1. The third-order valence-corrected chi connectivity index (χ3v) is 4.48. The molecule has 0 saturated heterocycles. The van der Waals surface area contributed by atoms with E-state index in [0.717, 1.165) is 25.7 Å². The molecule has 0 amide bonds. The molecule has 0 saturated carbocycles. The Morgan fingerprint density at radius 1 is 0.889 bits per heavy atom. The lowest BCUT2D eigenvalue weighted by molar-refractivity contribution is -0.134. The summed E-state index contributed by atoms with van der Waals surface area (Å²) in [7, 11) is 0. The molecule has 0 aromatic heterocycles. The second-order valence-electron chi connectivity index (χ2n) is 6.90. The molecule has 4 heteroatoms. The largest absolute Gasteiger partial charge is 0.478 e. The van der Waals surface area contributed by atoms with Crippen molar-refractivity contribution in [3.05, 3.63) is 42.0 Å². The summed E-state index contributed by atoms with van der Waals surface area (Å²) in [6.45, 7) is 2.23. The van der Waals surface area contributed by atoms with Crippen molar-refractivity contribution in [3.8, 4) is 5.75 Å². The van der Waals surface area contributed by atoms with Crippen molar-refractivity contribution < 1.29 is 19.4 Å². The van der Waals surface area contributed by atoms with E-state index in [-0.39, 0.29) is 17.3 Å². The van der Waals surface area contributed by atoms with Crippen LogP contribution in [0.4, 0.5) is 0 Å². The van der Waals surface area contributed by atoms with E-state index >= 15 is 0 Å². The Bertz CT molecular complexity index is 577. The molecule has 0 atom stereocenters. The summed E-state index contributed by atoms with van der Waals surface area (Å²) in [5, 5.41) is 9.08. The highest BCUT2D eigenvalue weighted by molar-refractivity contribution is 5.91. The lowest BCUT2D eigenvalue weighted by Gasteiger charge is -2.07. The number of hydrogen-bond donors (Lipinski definition) is 1. The van der Waals surface area contributed by atoms with E-state index in [9.17, 15) is 9.59 Å². The first-order valence-corrected chi connectivity index (χ1v) is 10.3. The molecule has 150 valence electrons. The molecule has 0 spiro atoms. The summed E-state index contributed by atoms with van der Waals surface area (Å²) >= 11 is 0. The third-order valence-electron chi connectivity index (χ3n) is 4.48. The van der Waals surface area contributed by atoms with E-state index in [1.54, 1.807) is 12.1 Å². The van der Waals surface area contributed by atoms with Crippen LogP contribution in [0.5, 0.6) is 5.75 Å². The van der Waals surface area contributed by atoms with Gasteiger partial charge in [0, 0.05) is 6.42 Å². The quantitative estimate of drug-likeness (QED) is 0.164. The number of allylic oxidation sites excluding steroid dienone is 2. The molecule has 0 aliphatic heterocycles. The van der Waals surface area contributed by atoms with Gasteiger partial charge in [-0.3, -0.25) is 4.79 Å². The third kappa shape index (κ3) is 11.3. The van der Waals surface area contributed by atoms with Crippen LogP contribution in [0.1, 0.15) is 94.3 Å². The van der Waals surface area contributed by atoms with E-state index in [0.29, 0.717) is 6.42 Å². The molecule has 0 aliphatic rings. The first kappa shape index (κ1) is 22.9. The Kier molecular flexibility index (Phi) is 12.7. The summed E-state index contributed by atoms with van der Waals surface area (Å²) in [4.78, 5) is 23.0. The maximum Gasteiger partial charge on any atom is 0.339 e. The van der Waals surface area contributed by atoms with Gasteiger partial charge in [-0.1, -0.05) is 69.7 Å². The van der Waals surface area contributed by atoms with Gasteiger partial charge in [0.25, 0.3) is 0 Å². The normalized spacial score (nSPS) is 11.0. The van der Waals surface area contributed by atoms with Crippen LogP contribution in [0.2, 0.25) is 0 Å². The molecular formula is C23H34O4. The number of unbranched alkanes of at least 4 members (excludes halogenated alkanes) is 9. The Balaban J connectivity index is 2.03. The molecule has 1 aromatic carbocycles. The number of ether oxygens (including phenoxy) is 1. The smallest absolute Gasteiger partial charge is 0.339 e. The number of para-hydroxylation sites is 1. The van der Waals surface area contributed by atoms with Crippen molar-refractivity contribution in [2.45, 2.75) is 84.0 Å². The number of esters is 1. The number of carboxylic acid groups (broad SMARTS) is 1. The molecule has 1 aromatic rings. The second kappa shape index (κ2) is 15.0. The van der Waals surface area contributed by atoms with Crippen LogP contribution in [-0.4, -0.2) is 17.0 Å². The first-order valence-electron chi connectivity index (χ1n) is 10.3. The van der Waals surface area contributed by atoms with Gasteiger partial charge >= 0.3 is 11.9 Å². The topological polar surface area (TPSA) is 63.6 Å². The highest BCUT2D eigenvalue weighted by Gasteiger charge is 2.13. The molecule has 0 bridgehead atoms. The highest BCUT2D eigenvalue weighted by atomic mass is 16.5. The number of carbonyl (C=O) groups is 2. The van der Waals surface area contributed by atoms with Crippen molar-refractivity contribution in [2.24, 2.45) is 0 Å². The predicted octanol–water partition coefficient (Wildman–Crippen LogP) is 6.55. The standard InChI is InChI=1S/C23H34O4/c1-2-3-4-5-6-7-8-9-10-11-12-13-14-19-22(24)27-21-18-16-15-17-20(21)23(25)26/h7-8,15-18H,2-6,9-14,19H2,1H3,(H,25,26)/b8-7+. The maximum atomic E-state index is 11.9. The van der Waals surface area contributed by atoms with Crippen LogP contribution in [-0.2, 0) is 4.79 Å².